The molecule has 0 N–H and O–H groups in total. The summed E-state index contributed by atoms with van der Waals surface area (Å²) in [5.74, 6) is -0.378. The van der Waals surface area contributed by atoms with Crippen LogP contribution in [0.2, 0.25) is 0 Å². The van der Waals surface area contributed by atoms with E-state index in [0.29, 0.717) is 13.1 Å². The van der Waals surface area contributed by atoms with E-state index in [1.54, 1.807) is 4.90 Å². The third-order valence-corrected chi connectivity index (χ3v) is 4.52. The highest BCUT2D eigenvalue weighted by Gasteiger charge is 2.25. The first kappa shape index (κ1) is 16.5. The van der Waals surface area contributed by atoms with Gasteiger partial charge in [-0.25, -0.2) is 0 Å². The fourth-order valence-corrected chi connectivity index (χ4v) is 3.12. The second kappa shape index (κ2) is 7.45. The van der Waals surface area contributed by atoms with E-state index < -0.39 is 0 Å². The highest BCUT2D eigenvalue weighted by Crippen LogP contribution is 2.19. The Hall–Kier alpha value is -2.40. The number of nitrogens with zero attached hydrogens (tertiary/aromatic N) is 2. The number of hydrogen-bond donors (Lipinski definition) is 0. The Morgan fingerprint density at radius 2 is 1.92 bits per heavy atom. The van der Waals surface area contributed by atoms with E-state index in [2.05, 4.69) is 46.0 Å². The molecular formula is C19H22N2O3. The average Bonchev–Trinajstić information content (AvgIpc) is 2.61. The first-order valence-electron chi connectivity index (χ1n) is 8.21. The maximum absolute atomic E-state index is 12.2. The summed E-state index contributed by atoms with van der Waals surface area (Å²) < 4.78 is 4.63. The molecule has 0 atom stereocenters. The highest BCUT2D eigenvalue weighted by atomic mass is 16.5. The summed E-state index contributed by atoms with van der Waals surface area (Å²) in [6, 6.07) is 14.7. The lowest BCUT2D eigenvalue weighted by Crippen LogP contribution is -2.52. The number of rotatable bonds is 5. The smallest absolute Gasteiger partial charge is 0.325 e. The molecule has 0 spiro atoms. The Balaban J connectivity index is 1.58. The van der Waals surface area contributed by atoms with Gasteiger partial charge in [0.05, 0.1) is 13.7 Å². The van der Waals surface area contributed by atoms with Gasteiger partial charge < -0.3 is 9.64 Å². The van der Waals surface area contributed by atoms with Crippen molar-refractivity contribution in [2.75, 3.05) is 39.8 Å². The molecule has 1 heterocycles. The van der Waals surface area contributed by atoms with Crippen LogP contribution in [0.25, 0.3) is 10.8 Å². The topological polar surface area (TPSA) is 49.9 Å². The Bertz CT molecular complexity index is 739. The van der Waals surface area contributed by atoms with Crippen LogP contribution in [0.3, 0.4) is 0 Å². The summed E-state index contributed by atoms with van der Waals surface area (Å²) in [5.41, 5.74) is 1.30. The fraction of sp³-hybridized carbons (Fsp3) is 0.368. The number of carbonyl (C=O) groups excluding carboxylic acids is 2. The molecule has 5 heteroatoms. The van der Waals surface area contributed by atoms with E-state index >= 15 is 0 Å². The molecule has 0 saturated carbocycles. The molecular weight excluding hydrogens is 304 g/mol. The number of piperazine rings is 1. The molecule has 5 nitrogen and oxygen atoms in total. The van der Waals surface area contributed by atoms with Crippen LogP contribution in [-0.4, -0.2) is 61.5 Å². The first-order valence-corrected chi connectivity index (χ1v) is 8.21. The van der Waals surface area contributed by atoms with Gasteiger partial charge in [-0.15, -0.1) is 0 Å². The van der Waals surface area contributed by atoms with Crippen molar-refractivity contribution in [3.8, 4) is 0 Å². The Kier molecular flexibility index (Phi) is 5.11. The highest BCUT2D eigenvalue weighted by molar-refractivity contribution is 5.86. The molecule has 1 aliphatic rings. The molecule has 24 heavy (non-hydrogen) atoms. The molecule has 0 unspecified atom stereocenters. The molecule has 0 radical (unpaired) electrons. The van der Waals surface area contributed by atoms with Gasteiger partial charge in [0.15, 0.2) is 0 Å². The molecule has 3 rings (SSSR count). The number of methoxy groups -OCH3 is 1. The van der Waals surface area contributed by atoms with E-state index in [1.807, 2.05) is 6.07 Å². The van der Waals surface area contributed by atoms with E-state index in [0.717, 1.165) is 19.5 Å². The van der Waals surface area contributed by atoms with E-state index in [-0.39, 0.29) is 18.4 Å². The first-order chi connectivity index (χ1) is 11.7. The van der Waals surface area contributed by atoms with Crippen molar-refractivity contribution in [2.24, 2.45) is 0 Å². The van der Waals surface area contributed by atoms with Crippen LogP contribution >= 0.6 is 0 Å². The molecule has 2 aromatic rings. The Morgan fingerprint density at radius 3 is 2.71 bits per heavy atom. The molecule has 1 aliphatic heterocycles. The van der Waals surface area contributed by atoms with Crippen LogP contribution in [0.4, 0.5) is 0 Å². The zero-order chi connectivity index (χ0) is 16.9. The number of amides is 1. The number of fused-ring (bicyclic) bond motifs is 1. The Labute approximate surface area is 141 Å². The predicted octanol–water partition coefficient (Wildman–Crippen LogP) is 1.70. The third-order valence-electron chi connectivity index (χ3n) is 4.52. The average molecular weight is 326 g/mol. The monoisotopic (exact) mass is 326 g/mol. The van der Waals surface area contributed by atoms with E-state index in [4.69, 9.17) is 0 Å². The van der Waals surface area contributed by atoms with Crippen molar-refractivity contribution in [1.29, 1.82) is 0 Å². The second-order valence-electron chi connectivity index (χ2n) is 6.06. The molecule has 2 aromatic carbocycles. The molecule has 0 bridgehead atoms. The lowest BCUT2D eigenvalue weighted by Gasteiger charge is -2.33. The van der Waals surface area contributed by atoms with Gasteiger partial charge in [-0.1, -0.05) is 42.5 Å². The normalized spacial score (nSPS) is 15.7. The molecule has 1 fully saturated rings. The van der Waals surface area contributed by atoms with Gasteiger partial charge in [0.2, 0.25) is 5.91 Å². The molecule has 0 aromatic heterocycles. The van der Waals surface area contributed by atoms with Crippen molar-refractivity contribution < 1.29 is 14.3 Å². The third kappa shape index (κ3) is 3.74. The lowest BCUT2D eigenvalue weighted by molar-refractivity contribution is -0.149. The standard InChI is InChI=1S/C19H22N2O3/c1-24-19(23)14-21-12-11-20(13-18(21)22)10-9-16-7-4-6-15-5-2-3-8-17(15)16/h2-8H,9-14H2,1H3. The molecule has 1 saturated heterocycles. The van der Waals surface area contributed by atoms with Crippen LogP contribution in [0.15, 0.2) is 42.5 Å². The molecule has 0 aliphatic carbocycles. The lowest BCUT2D eigenvalue weighted by atomic mass is 10.0. The van der Waals surface area contributed by atoms with Crippen LogP contribution in [0.1, 0.15) is 5.56 Å². The maximum atomic E-state index is 12.2. The number of esters is 1. The second-order valence-corrected chi connectivity index (χ2v) is 6.06. The van der Waals surface area contributed by atoms with Crippen LogP contribution in [-0.2, 0) is 20.7 Å². The summed E-state index contributed by atoms with van der Waals surface area (Å²) in [6.07, 6.45) is 0.908. The predicted molar refractivity (Wildman–Crippen MR) is 92.7 cm³/mol. The van der Waals surface area contributed by atoms with Crippen molar-refractivity contribution >= 4 is 22.6 Å². The van der Waals surface area contributed by atoms with Crippen molar-refractivity contribution in [2.45, 2.75) is 6.42 Å². The van der Waals surface area contributed by atoms with Gasteiger partial charge in [0.1, 0.15) is 6.54 Å². The maximum Gasteiger partial charge on any atom is 0.325 e. The van der Waals surface area contributed by atoms with Gasteiger partial charge in [0.25, 0.3) is 0 Å². The number of ether oxygens (including phenoxy) is 1. The summed E-state index contributed by atoms with van der Waals surface area (Å²) in [7, 11) is 1.34. The summed E-state index contributed by atoms with van der Waals surface area (Å²) in [6.45, 7) is 2.61. The van der Waals surface area contributed by atoms with Gasteiger partial charge in [-0.3, -0.25) is 14.5 Å². The molecule has 1 amide bonds. The minimum Gasteiger partial charge on any atom is -0.468 e. The van der Waals surface area contributed by atoms with Crippen LogP contribution < -0.4 is 0 Å². The largest absolute Gasteiger partial charge is 0.468 e. The fourth-order valence-electron chi connectivity index (χ4n) is 3.12. The summed E-state index contributed by atoms with van der Waals surface area (Å²) in [4.78, 5) is 27.2. The van der Waals surface area contributed by atoms with Crippen LogP contribution in [0, 0.1) is 0 Å². The number of benzene rings is 2. The van der Waals surface area contributed by atoms with Gasteiger partial charge in [0, 0.05) is 19.6 Å². The number of carbonyl (C=O) groups is 2. The minimum absolute atomic E-state index is 0.00966. The van der Waals surface area contributed by atoms with E-state index in [9.17, 15) is 9.59 Å². The van der Waals surface area contributed by atoms with Crippen molar-refractivity contribution in [3.05, 3.63) is 48.0 Å². The van der Waals surface area contributed by atoms with Crippen LogP contribution in [0.5, 0.6) is 0 Å². The van der Waals surface area contributed by atoms with Crippen molar-refractivity contribution in [1.82, 2.24) is 9.80 Å². The van der Waals surface area contributed by atoms with Gasteiger partial charge in [-0.2, -0.15) is 0 Å². The minimum atomic E-state index is -0.368. The zero-order valence-electron chi connectivity index (χ0n) is 13.9. The molecule has 126 valence electrons. The number of hydrogen-bond acceptors (Lipinski definition) is 4. The summed E-state index contributed by atoms with van der Waals surface area (Å²) >= 11 is 0. The summed E-state index contributed by atoms with van der Waals surface area (Å²) in [5, 5.41) is 2.52. The zero-order valence-corrected chi connectivity index (χ0v) is 13.9. The SMILES string of the molecule is COC(=O)CN1CCN(CCc2cccc3ccccc23)CC1=O. The van der Waals surface area contributed by atoms with Gasteiger partial charge in [-0.05, 0) is 22.8 Å². The Morgan fingerprint density at radius 1 is 1.12 bits per heavy atom. The van der Waals surface area contributed by atoms with Crippen molar-refractivity contribution in [3.63, 3.8) is 0 Å². The van der Waals surface area contributed by atoms with E-state index in [1.165, 1.54) is 23.4 Å². The quantitative estimate of drug-likeness (QED) is 0.785. The van der Waals surface area contributed by atoms with Gasteiger partial charge >= 0.3 is 5.97 Å².